The van der Waals surface area contributed by atoms with E-state index >= 15 is 0 Å². The molecule has 0 atom stereocenters. The summed E-state index contributed by atoms with van der Waals surface area (Å²) in [5, 5.41) is 7.71. The van der Waals surface area contributed by atoms with Gasteiger partial charge in [0.15, 0.2) is 0 Å². The molecule has 2 rings (SSSR count). The van der Waals surface area contributed by atoms with Crippen molar-refractivity contribution >= 4 is 31.9 Å². The van der Waals surface area contributed by atoms with E-state index in [-0.39, 0.29) is 17.3 Å². The largest absolute Gasteiger partial charge is 0.347 e. The van der Waals surface area contributed by atoms with Gasteiger partial charge in [-0.3, -0.25) is 4.79 Å². The maximum atomic E-state index is 11.9. The lowest BCUT2D eigenvalue weighted by atomic mass is 10.2. The van der Waals surface area contributed by atoms with Gasteiger partial charge in [-0.2, -0.15) is 0 Å². The van der Waals surface area contributed by atoms with Gasteiger partial charge in [0.05, 0.1) is 4.90 Å². The number of benzene rings is 1. The molecule has 1 aromatic heterocycles. The Bertz CT molecular complexity index is 760. The molecule has 0 saturated heterocycles. The molecule has 2 aromatic rings. The van der Waals surface area contributed by atoms with Crippen molar-refractivity contribution in [2.24, 2.45) is 5.14 Å². The molecular formula is C13H12BrN3O3S. The van der Waals surface area contributed by atoms with Gasteiger partial charge in [-0.05, 0) is 45.8 Å². The standard InChI is InChI=1S/C13H12BrN3O3S/c14-11-2-1-7-16-12(11)13(18)17-8-9-3-5-10(6-4-9)21(15,19)20/h1-7H,8H2,(H,17,18)(H2,15,19,20). The highest BCUT2D eigenvalue weighted by molar-refractivity contribution is 9.10. The van der Waals surface area contributed by atoms with Crippen molar-refractivity contribution in [1.29, 1.82) is 0 Å². The Hall–Kier alpha value is -1.77. The first kappa shape index (κ1) is 15.6. The molecule has 0 spiro atoms. The van der Waals surface area contributed by atoms with Gasteiger partial charge in [0.1, 0.15) is 5.69 Å². The van der Waals surface area contributed by atoms with Crippen molar-refractivity contribution in [3.63, 3.8) is 0 Å². The smallest absolute Gasteiger partial charge is 0.271 e. The minimum absolute atomic E-state index is 0.0325. The summed E-state index contributed by atoms with van der Waals surface area (Å²) in [4.78, 5) is 16.0. The summed E-state index contributed by atoms with van der Waals surface area (Å²) in [7, 11) is -3.70. The van der Waals surface area contributed by atoms with E-state index in [1.807, 2.05) is 0 Å². The van der Waals surface area contributed by atoms with Crippen LogP contribution in [0.15, 0.2) is 52.0 Å². The Balaban J connectivity index is 2.04. The minimum atomic E-state index is -3.70. The van der Waals surface area contributed by atoms with Crippen LogP contribution in [0.2, 0.25) is 0 Å². The zero-order chi connectivity index (χ0) is 15.5. The van der Waals surface area contributed by atoms with Crippen molar-refractivity contribution in [1.82, 2.24) is 10.3 Å². The number of halogens is 1. The summed E-state index contributed by atoms with van der Waals surface area (Å²) in [5.41, 5.74) is 1.04. The fraction of sp³-hybridized carbons (Fsp3) is 0.0769. The Morgan fingerprint density at radius 1 is 1.24 bits per heavy atom. The van der Waals surface area contributed by atoms with Crippen LogP contribution < -0.4 is 10.5 Å². The highest BCUT2D eigenvalue weighted by Crippen LogP contribution is 2.13. The zero-order valence-corrected chi connectivity index (χ0v) is 13.2. The summed E-state index contributed by atoms with van der Waals surface area (Å²) < 4.78 is 22.9. The molecule has 21 heavy (non-hydrogen) atoms. The molecule has 8 heteroatoms. The number of hydrogen-bond donors (Lipinski definition) is 2. The number of carbonyl (C=O) groups excluding carboxylic acids is 1. The van der Waals surface area contributed by atoms with E-state index in [9.17, 15) is 13.2 Å². The second kappa shape index (κ2) is 6.33. The van der Waals surface area contributed by atoms with Gasteiger partial charge in [0.2, 0.25) is 10.0 Å². The third-order valence-electron chi connectivity index (χ3n) is 2.68. The number of sulfonamides is 1. The summed E-state index contributed by atoms with van der Waals surface area (Å²) in [5.74, 6) is -0.321. The highest BCUT2D eigenvalue weighted by atomic mass is 79.9. The number of pyridine rings is 1. The van der Waals surface area contributed by atoms with Crippen molar-refractivity contribution in [2.75, 3.05) is 0 Å². The first-order valence-corrected chi connectivity index (χ1v) is 8.22. The molecule has 0 unspecified atom stereocenters. The van der Waals surface area contributed by atoms with Gasteiger partial charge < -0.3 is 5.32 Å². The SMILES string of the molecule is NS(=O)(=O)c1ccc(CNC(=O)c2ncccc2Br)cc1. The van der Waals surface area contributed by atoms with Gasteiger partial charge in [-0.25, -0.2) is 18.5 Å². The predicted molar refractivity (Wildman–Crippen MR) is 80.9 cm³/mol. The van der Waals surface area contributed by atoms with Crippen LogP contribution in [0.25, 0.3) is 0 Å². The number of amides is 1. The Morgan fingerprint density at radius 2 is 1.90 bits per heavy atom. The van der Waals surface area contributed by atoms with Crippen LogP contribution in [-0.2, 0) is 16.6 Å². The second-order valence-electron chi connectivity index (χ2n) is 4.21. The molecule has 1 amide bonds. The van der Waals surface area contributed by atoms with Gasteiger partial charge in [-0.15, -0.1) is 0 Å². The summed E-state index contributed by atoms with van der Waals surface area (Å²) in [6.07, 6.45) is 1.53. The molecule has 0 radical (unpaired) electrons. The van der Waals surface area contributed by atoms with Gasteiger partial charge >= 0.3 is 0 Å². The molecule has 3 N–H and O–H groups in total. The van der Waals surface area contributed by atoms with E-state index < -0.39 is 10.0 Å². The number of rotatable bonds is 4. The molecule has 1 aromatic carbocycles. The molecule has 6 nitrogen and oxygen atoms in total. The summed E-state index contributed by atoms with van der Waals surface area (Å²) in [6.45, 7) is 0.257. The van der Waals surface area contributed by atoms with E-state index in [4.69, 9.17) is 5.14 Å². The molecule has 0 aliphatic carbocycles. The summed E-state index contributed by atoms with van der Waals surface area (Å²) >= 11 is 3.25. The fourth-order valence-corrected chi connectivity index (χ4v) is 2.57. The average Bonchev–Trinajstić information content (AvgIpc) is 2.45. The first-order valence-electron chi connectivity index (χ1n) is 5.88. The Kier molecular flexibility index (Phi) is 4.71. The zero-order valence-electron chi connectivity index (χ0n) is 10.8. The van der Waals surface area contributed by atoms with Crippen molar-refractivity contribution in [3.05, 3.63) is 58.3 Å². The molecule has 0 bridgehead atoms. The quantitative estimate of drug-likeness (QED) is 0.850. The molecule has 0 saturated carbocycles. The number of hydrogen-bond acceptors (Lipinski definition) is 4. The third kappa shape index (κ3) is 4.10. The summed E-state index contributed by atoms with van der Waals surface area (Å²) in [6, 6.07) is 9.41. The number of carbonyl (C=O) groups is 1. The lowest BCUT2D eigenvalue weighted by molar-refractivity contribution is 0.0945. The average molecular weight is 370 g/mol. The van der Waals surface area contributed by atoms with Crippen molar-refractivity contribution in [3.8, 4) is 0 Å². The second-order valence-corrected chi connectivity index (χ2v) is 6.62. The van der Waals surface area contributed by atoms with Gasteiger partial charge in [-0.1, -0.05) is 12.1 Å². The van der Waals surface area contributed by atoms with Crippen LogP contribution in [0.3, 0.4) is 0 Å². The normalized spacial score (nSPS) is 11.1. The Labute approximate surface area is 130 Å². The van der Waals surface area contributed by atoms with Crippen molar-refractivity contribution in [2.45, 2.75) is 11.4 Å². The molecule has 0 fully saturated rings. The molecular weight excluding hydrogens is 358 g/mol. The number of nitrogens with zero attached hydrogens (tertiary/aromatic N) is 1. The van der Waals surface area contributed by atoms with Gasteiger partial charge in [0.25, 0.3) is 5.91 Å². The first-order chi connectivity index (χ1) is 9.88. The maximum Gasteiger partial charge on any atom is 0.271 e. The number of primary sulfonamides is 1. The van der Waals surface area contributed by atoms with E-state index in [1.54, 1.807) is 24.3 Å². The predicted octanol–water partition coefficient (Wildman–Crippen LogP) is 1.42. The third-order valence-corrected chi connectivity index (χ3v) is 4.25. The van der Waals surface area contributed by atoms with Crippen LogP contribution in [0.4, 0.5) is 0 Å². The molecule has 110 valence electrons. The van der Waals surface area contributed by atoms with Gasteiger partial charge in [0, 0.05) is 17.2 Å². The number of nitrogens with two attached hydrogens (primary N) is 1. The van der Waals surface area contributed by atoms with E-state index in [1.165, 1.54) is 18.3 Å². The lowest BCUT2D eigenvalue weighted by Crippen LogP contribution is -2.24. The van der Waals surface area contributed by atoms with E-state index in [2.05, 4.69) is 26.2 Å². The van der Waals surface area contributed by atoms with Crippen molar-refractivity contribution < 1.29 is 13.2 Å². The fourth-order valence-electron chi connectivity index (χ4n) is 1.62. The van der Waals surface area contributed by atoms with Crippen LogP contribution in [0.1, 0.15) is 16.1 Å². The maximum absolute atomic E-state index is 11.9. The van der Waals surface area contributed by atoms with Crippen LogP contribution >= 0.6 is 15.9 Å². The number of nitrogens with one attached hydrogen (secondary N) is 1. The van der Waals surface area contributed by atoms with E-state index in [0.29, 0.717) is 10.2 Å². The van der Waals surface area contributed by atoms with Crippen LogP contribution in [0.5, 0.6) is 0 Å². The molecule has 0 aliphatic rings. The highest BCUT2D eigenvalue weighted by Gasteiger charge is 2.11. The monoisotopic (exact) mass is 369 g/mol. The Morgan fingerprint density at radius 3 is 2.48 bits per heavy atom. The van der Waals surface area contributed by atoms with Crippen LogP contribution in [-0.4, -0.2) is 19.3 Å². The van der Waals surface area contributed by atoms with E-state index in [0.717, 1.165) is 5.56 Å². The number of aromatic nitrogens is 1. The molecule has 0 aliphatic heterocycles. The minimum Gasteiger partial charge on any atom is -0.347 e. The topological polar surface area (TPSA) is 102 Å². The molecule has 1 heterocycles. The lowest BCUT2D eigenvalue weighted by Gasteiger charge is -2.06. The van der Waals surface area contributed by atoms with Crippen LogP contribution in [0, 0.1) is 0 Å².